The van der Waals surface area contributed by atoms with Crippen molar-refractivity contribution < 1.29 is 4.74 Å². The molecule has 5 nitrogen and oxygen atoms in total. The van der Waals surface area contributed by atoms with Crippen molar-refractivity contribution in [1.29, 1.82) is 0 Å². The summed E-state index contributed by atoms with van der Waals surface area (Å²) in [5, 5.41) is 10.8. The van der Waals surface area contributed by atoms with Crippen molar-refractivity contribution in [2.75, 3.05) is 50.5 Å². The van der Waals surface area contributed by atoms with Gasteiger partial charge in [-0.25, -0.2) is 0 Å². The van der Waals surface area contributed by atoms with Crippen LogP contribution < -0.4 is 15.5 Å². The molecular weight excluding hydrogens is 364 g/mol. The largest absolute Gasteiger partial charge is 0.381 e. The zero-order valence-corrected chi connectivity index (χ0v) is 17.6. The van der Waals surface area contributed by atoms with Gasteiger partial charge in [-0.05, 0) is 48.9 Å². The first-order chi connectivity index (χ1) is 12.7. The monoisotopic (exact) mass is 396 g/mol. The van der Waals surface area contributed by atoms with Crippen molar-refractivity contribution in [1.82, 2.24) is 10.6 Å². The van der Waals surface area contributed by atoms with Crippen LogP contribution in [0.1, 0.15) is 32.6 Å². The van der Waals surface area contributed by atoms with E-state index in [-0.39, 0.29) is 4.75 Å². The van der Waals surface area contributed by atoms with Gasteiger partial charge in [-0.15, -0.1) is 11.3 Å². The van der Waals surface area contributed by atoms with Gasteiger partial charge in [-0.2, -0.15) is 11.8 Å². The number of thioether (sulfide) groups is 1. The molecule has 2 aliphatic heterocycles. The highest BCUT2D eigenvalue weighted by Gasteiger charge is 2.33. The van der Waals surface area contributed by atoms with E-state index in [0.717, 1.165) is 70.2 Å². The fourth-order valence-corrected chi connectivity index (χ4v) is 5.78. The van der Waals surface area contributed by atoms with Crippen molar-refractivity contribution >= 4 is 34.1 Å². The van der Waals surface area contributed by atoms with Gasteiger partial charge in [0.15, 0.2) is 5.96 Å². The molecule has 26 heavy (non-hydrogen) atoms. The van der Waals surface area contributed by atoms with Gasteiger partial charge in [0, 0.05) is 50.7 Å². The molecule has 0 atom stereocenters. The second-order valence-electron chi connectivity index (χ2n) is 7.01. The maximum absolute atomic E-state index is 5.58. The number of hydrogen-bond donors (Lipinski definition) is 2. The summed E-state index contributed by atoms with van der Waals surface area (Å²) < 4.78 is 5.86. The SMILES string of the molecule is CCSC1(CNC(=NC)NC2CCN(c3cccs3)CC2)CCOCC1. The number of guanidine groups is 1. The molecule has 2 N–H and O–H groups in total. The van der Waals surface area contributed by atoms with E-state index in [4.69, 9.17) is 4.74 Å². The van der Waals surface area contributed by atoms with Crippen LogP contribution in [0.2, 0.25) is 0 Å². The van der Waals surface area contributed by atoms with Gasteiger partial charge in [-0.1, -0.05) is 6.92 Å². The molecule has 2 saturated heterocycles. The number of nitrogens with one attached hydrogen (secondary N) is 2. The molecule has 2 fully saturated rings. The minimum atomic E-state index is 0.285. The van der Waals surface area contributed by atoms with Gasteiger partial charge >= 0.3 is 0 Å². The van der Waals surface area contributed by atoms with Gasteiger partial charge in [0.2, 0.25) is 0 Å². The van der Waals surface area contributed by atoms with E-state index >= 15 is 0 Å². The first kappa shape index (κ1) is 19.8. The van der Waals surface area contributed by atoms with Crippen molar-refractivity contribution in [2.45, 2.75) is 43.4 Å². The molecular formula is C19H32N4OS2. The molecule has 7 heteroatoms. The molecule has 0 saturated carbocycles. The molecule has 0 aliphatic carbocycles. The van der Waals surface area contributed by atoms with Crippen LogP contribution in [0.25, 0.3) is 0 Å². The quantitative estimate of drug-likeness (QED) is 0.571. The average molecular weight is 397 g/mol. The van der Waals surface area contributed by atoms with Crippen LogP contribution in [0.3, 0.4) is 0 Å². The number of ether oxygens (including phenoxy) is 1. The highest BCUT2D eigenvalue weighted by molar-refractivity contribution is 8.00. The Kier molecular flexibility index (Phi) is 7.52. The number of anilines is 1. The number of piperidine rings is 1. The van der Waals surface area contributed by atoms with Crippen molar-refractivity contribution in [2.24, 2.45) is 4.99 Å². The summed E-state index contributed by atoms with van der Waals surface area (Å²) >= 11 is 3.90. The predicted octanol–water partition coefficient (Wildman–Crippen LogP) is 3.18. The van der Waals surface area contributed by atoms with E-state index in [1.165, 1.54) is 5.00 Å². The Labute approximate surface area is 166 Å². The van der Waals surface area contributed by atoms with Crippen LogP contribution in [-0.4, -0.2) is 62.4 Å². The maximum atomic E-state index is 5.58. The highest BCUT2D eigenvalue weighted by atomic mass is 32.2. The van der Waals surface area contributed by atoms with Gasteiger partial charge in [0.1, 0.15) is 0 Å². The molecule has 3 rings (SSSR count). The minimum Gasteiger partial charge on any atom is -0.381 e. The molecule has 2 aliphatic rings. The lowest BCUT2D eigenvalue weighted by molar-refractivity contribution is 0.0782. The summed E-state index contributed by atoms with van der Waals surface area (Å²) in [5.74, 6) is 2.09. The maximum Gasteiger partial charge on any atom is 0.191 e. The minimum absolute atomic E-state index is 0.285. The predicted molar refractivity (Wildman–Crippen MR) is 115 cm³/mol. The number of aliphatic imine (C=N–C) groups is 1. The van der Waals surface area contributed by atoms with Gasteiger partial charge < -0.3 is 20.3 Å². The average Bonchev–Trinajstić information content (AvgIpc) is 3.21. The van der Waals surface area contributed by atoms with Crippen LogP contribution >= 0.6 is 23.1 Å². The lowest BCUT2D eigenvalue weighted by Gasteiger charge is -2.38. The Morgan fingerprint density at radius 3 is 2.77 bits per heavy atom. The second kappa shape index (κ2) is 9.85. The highest BCUT2D eigenvalue weighted by Crippen LogP contribution is 2.34. The van der Waals surface area contributed by atoms with Gasteiger partial charge in [0.25, 0.3) is 0 Å². The third kappa shape index (κ3) is 5.30. The lowest BCUT2D eigenvalue weighted by atomic mass is 9.99. The molecule has 0 amide bonds. The van der Waals surface area contributed by atoms with Gasteiger partial charge in [-0.3, -0.25) is 4.99 Å². The fraction of sp³-hybridized carbons (Fsp3) is 0.737. The second-order valence-corrected chi connectivity index (χ2v) is 9.67. The lowest BCUT2D eigenvalue weighted by Crippen LogP contribution is -2.52. The summed E-state index contributed by atoms with van der Waals surface area (Å²) in [6.07, 6.45) is 4.55. The molecule has 1 aromatic rings. The standard InChI is InChI=1S/C19H32N4OS2/c1-3-26-19(8-12-24-13-9-19)15-21-18(20-2)22-16-6-10-23(11-7-16)17-5-4-14-25-17/h4-5,14,16H,3,6-13,15H2,1-2H3,(H2,20,21,22). The Morgan fingerprint density at radius 2 is 2.15 bits per heavy atom. The smallest absolute Gasteiger partial charge is 0.191 e. The fourth-order valence-electron chi connectivity index (χ4n) is 3.75. The topological polar surface area (TPSA) is 48.9 Å². The third-order valence-corrected chi connectivity index (χ3v) is 7.69. The van der Waals surface area contributed by atoms with Crippen LogP contribution in [0.15, 0.2) is 22.5 Å². The number of nitrogens with zero attached hydrogens (tertiary/aromatic N) is 2. The molecule has 0 bridgehead atoms. The summed E-state index contributed by atoms with van der Waals surface area (Å²) in [5.41, 5.74) is 0. The van der Waals surface area contributed by atoms with Crippen molar-refractivity contribution in [3.05, 3.63) is 17.5 Å². The molecule has 146 valence electrons. The van der Waals surface area contributed by atoms with Crippen molar-refractivity contribution in [3.63, 3.8) is 0 Å². The first-order valence-corrected chi connectivity index (χ1v) is 11.6. The van der Waals surface area contributed by atoms with Crippen LogP contribution in [0.4, 0.5) is 5.00 Å². The molecule has 0 unspecified atom stereocenters. The summed E-state index contributed by atoms with van der Waals surface area (Å²) in [6.45, 7) is 7.19. The van der Waals surface area contributed by atoms with E-state index in [1.807, 2.05) is 18.4 Å². The van der Waals surface area contributed by atoms with E-state index in [2.05, 4.69) is 56.7 Å². The van der Waals surface area contributed by atoms with E-state index < -0.39 is 0 Å². The molecule has 0 aromatic carbocycles. The zero-order valence-electron chi connectivity index (χ0n) is 16.0. The Balaban J connectivity index is 1.46. The third-order valence-electron chi connectivity index (χ3n) is 5.31. The number of hydrogen-bond acceptors (Lipinski definition) is 5. The molecule has 1 aromatic heterocycles. The summed E-state index contributed by atoms with van der Waals surface area (Å²) in [7, 11) is 1.87. The van der Waals surface area contributed by atoms with Crippen molar-refractivity contribution in [3.8, 4) is 0 Å². The molecule has 0 radical (unpaired) electrons. The zero-order chi connectivity index (χ0) is 18.2. The summed E-state index contributed by atoms with van der Waals surface area (Å²) in [6, 6.07) is 4.86. The number of rotatable bonds is 6. The van der Waals surface area contributed by atoms with E-state index in [0.29, 0.717) is 6.04 Å². The van der Waals surface area contributed by atoms with E-state index in [1.54, 1.807) is 0 Å². The Hall–Kier alpha value is -0.920. The molecule has 0 spiro atoms. The Morgan fingerprint density at radius 1 is 1.38 bits per heavy atom. The summed E-state index contributed by atoms with van der Waals surface area (Å²) in [4.78, 5) is 6.96. The van der Waals surface area contributed by atoms with Crippen LogP contribution in [-0.2, 0) is 4.74 Å². The van der Waals surface area contributed by atoms with Crippen LogP contribution in [0, 0.1) is 0 Å². The van der Waals surface area contributed by atoms with Gasteiger partial charge in [0.05, 0.1) is 5.00 Å². The first-order valence-electron chi connectivity index (χ1n) is 9.72. The Bertz CT molecular complexity index is 544. The normalized spacial score (nSPS) is 21.6. The number of thiophene rings is 1. The van der Waals surface area contributed by atoms with E-state index in [9.17, 15) is 0 Å². The molecule has 3 heterocycles. The van der Waals surface area contributed by atoms with Crippen LogP contribution in [0.5, 0.6) is 0 Å².